The first-order valence-electron chi connectivity index (χ1n) is 4.80. The van der Waals surface area contributed by atoms with Gasteiger partial charge in [0.25, 0.3) is 0 Å². The molecular formula is C10H14N4S. The van der Waals surface area contributed by atoms with Crippen molar-refractivity contribution in [3.05, 3.63) is 28.0 Å². The second-order valence-corrected chi connectivity index (χ2v) is 4.46. The molecule has 0 atom stereocenters. The summed E-state index contributed by atoms with van der Waals surface area (Å²) in [5.41, 5.74) is 5.18. The first kappa shape index (κ1) is 10.2. The summed E-state index contributed by atoms with van der Waals surface area (Å²) in [6.07, 6.45) is 1.89. The SMILES string of the molecule is Cc1nn(C)c(C)c1NCc1cncs1. The molecule has 0 unspecified atom stereocenters. The summed E-state index contributed by atoms with van der Waals surface area (Å²) in [7, 11) is 1.96. The van der Waals surface area contributed by atoms with Crippen molar-refractivity contribution in [1.82, 2.24) is 14.8 Å². The Kier molecular flexibility index (Phi) is 2.73. The number of anilines is 1. The minimum atomic E-state index is 0.818. The minimum absolute atomic E-state index is 0.818. The lowest BCUT2D eigenvalue weighted by atomic mass is 10.3. The van der Waals surface area contributed by atoms with Crippen molar-refractivity contribution in [1.29, 1.82) is 0 Å². The molecule has 0 bridgehead atoms. The molecule has 0 aliphatic rings. The normalized spacial score (nSPS) is 10.6. The zero-order valence-electron chi connectivity index (χ0n) is 9.11. The van der Waals surface area contributed by atoms with Gasteiger partial charge in [-0.3, -0.25) is 9.67 Å². The lowest BCUT2D eigenvalue weighted by Crippen LogP contribution is -2.00. The monoisotopic (exact) mass is 222 g/mol. The van der Waals surface area contributed by atoms with Gasteiger partial charge in [0, 0.05) is 18.1 Å². The number of thiazole rings is 1. The molecule has 2 rings (SSSR count). The highest BCUT2D eigenvalue weighted by Crippen LogP contribution is 2.19. The second kappa shape index (κ2) is 4.02. The Balaban J connectivity index is 2.11. The number of hydrogen-bond acceptors (Lipinski definition) is 4. The predicted molar refractivity (Wildman–Crippen MR) is 62.1 cm³/mol. The van der Waals surface area contributed by atoms with Crippen LogP contribution in [0.2, 0.25) is 0 Å². The van der Waals surface area contributed by atoms with Crippen LogP contribution in [-0.4, -0.2) is 14.8 Å². The Hall–Kier alpha value is -1.36. The molecule has 2 aromatic rings. The molecule has 0 amide bonds. The highest BCUT2D eigenvalue weighted by atomic mass is 32.1. The molecule has 0 aromatic carbocycles. The van der Waals surface area contributed by atoms with Crippen molar-refractivity contribution >= 4 is 17.0 Å². The van der Waals surface area contributed by atoms with E-state index in [4.69, 9.17) is 0 Å². The van der Waals surface area contributed by atoms with Gasteiger partial charge in [0.1, 0.15) is 0 Å². The molecule has 15 heavy (non-hydrogen) atoms. The Labute approximate surface area is 93.0 Å². The van der Waals surface area contributed by atoms with E-state index in [9.17, 15) is 0 Å². The van der Waals surface area contributed by atoms with Gasteiger partial charge in [-0.25, -0.2) is 0 Å². The first-order valence-corrected chi connectivity index (χ1v) is 5.68. The molecule has 0 radical (unpaired) electrons. The van der Waals surface area contributed by atoms with Gasteiger partial charge >= 0.3 is 0 Å². The topological polar surface area (TPSA) is 42.7 Å². The van der Waals surface area contributed by atoms with Crippen LogP contribution < -0.4 is 5.32 Å². The number of rotatable bonds is 3. The number of nitrogens with one attached hydrogen (secondary N) is 1. The van der Waals surface area contributed by atoms with Crippen LogP contribution in [0, 0.1) is 13.8 Å². The summed E-state index contributed by atoms with van der Waals surface area (Å²) < 4.78 is 1.89. The lowest BCUT2D eigenvalue weighted by Gasteiger charge is -2.04. The van der Waals surface area contributed by atoms with Gasteiger partial charge < -0.3 is 5.32 Å². The fourth-order valence-electron chi connectivity index (χ4n) is 1.53. The van der Waals surface area contributed by atoms with Crippen LogP contribution in [0.4, 0.5) is 5.69 Å². The summed E-state index contributed by atoms with van der Waals surface area (Å²) in [6.45, 7) is 4.90. The molecule has 4 nitrogen and oxygen atoms in total. The van der Waals surface area contributed by atoms with E-state index in [0.29, 0.717) is 0 Å². The third-order valence-electron chi connectivity index (χ3n) is 2.43. The van der Waals surface area contributed by atoms with Crippen molar-refractivity contribution in [3.63, 3.8) is 0 Å². The van der Waals surface area contributed by atoms with E-state index in [1.54, 1.807) is 11.3 Å². The number of hydrogen-bond donors (Lipinski definition) is 1. The maximum Gasteiger partial charge on any atom is 0.0827 e. The smallest absolute Gasteiger partial charge is 0.0827 e. The van der Waals surface area contributed by atoms with E-state index >= 15 is 0 Å². The fraction of sp³-hybridized carbons (Fsp3) is 0.400. The van der Waals surface area contributed by atoms with E-state index in [0.717, 1.165) is 23.6 Å². The Bertz CT molecular complexity index is 444. The largest absolute Gasteiger partial charge is 0.377 e. The second-order valence-electron chi connectivity index (χ2n) is 3.49. The Morgan fingerprint density at radius 3 is 2.80 bits per heavy atom. The maximum absolute atomic E-state index is 4.35. The van der Waals surface area contributed by atoms with Gasteiger partial charge in [-0.2, -0.15) is 5.10 Å². The molecule has 80 valence electrons. The van der Waals surface area contributed by atoms with Crippen molar-refractivity contribution in [2.45, 2.75) is 20.4 Å². The van der Waals surface area contributed by atoms with Crippen molar-refractivity contribution in [3.8, 4) is 0 Å². The molecule has 0 saturated heterocycles. The molecule has 1 N–H and O–H groups in total. The van der Waals surface area contributed by atoms with Crippen LogP contribution in [0.5, 0.6) is 0 Å². The van der Waals surface area contributed by atoms with Crippen LogP contribution in [0.25, 0.3) is 0 Å². The summed E-state index contributed by atoms with van der Waals surface area (Å²) in [5, 5.41) is 7.74. The van der Waals surface area contributed by atoms with Crippen molar-refractivity contribution in [2.75, 3.05) is 5.32 Å². The number of aryl methyl sites for hydroxylation is 2. The average molecular weight is 222 g/mol. The van der Waals surface area contributed by atoms with Gasteiger partial charge in [-0.1, -0.05) is 0 Å². The molecule has 0 saturated carbocycles. The van der Waals surface area contributed by atoms with Gasteiger partial charge in [0.05, 0.1) is 29.1 Å². The van der Waals surface area contributed by atoms with Crippen LogP contribution in [0.1, 0.15) is 16.3 Å². The van der Waals surface area contributed by atoms with Crippen LogP contribution >= 0.6 is 11.3 Å². The van der Waals surface area contributed by atoms with Crippen LogP contribution in [-0.2, 0) is 13.6 Å². The quantitative estimate of drug-likeness (QED) is 0.865. The molecule has 0 aliphatic heterocycles. The highest BCUT2D eigenvalue weighted by molar-refractivity contribution is 7.09. The van der Waals surface area contributed by atoms with E-state index < -0.39 is 0 Å². The first-order chi connectivity index (χ1) is 7.18. The molecule has 2 aromatic heterocycles. The number of nitrogens with zero attached hydrogens (tertiary/aromatic N) is 3. The molecule has 5 heteroatoms. The zero-order valence-corrected chi connectivity index (χ0v) is 9.93. The molecule has 0 fully saturated rings. The summed E-state index contributed by atoms with van der Waals surface area (Å²) in [6, 6.07) is 0. The van der Waals surface area contributed by atoms with Crippen LogP contribution in [0.15, 0.2) is 11.7 Å². The lowest BCUT2D eigenvalue weighted by molar-refractivity contribution is 0.731. The van der Waals surface area contributed by atoms with Crippen LogP contribution in [0.3, 0.4) is 0 Å². The Morgan fingerprint density at radius 1 is 1.47 bits per heavy atom. The van der Waals surface area contributed by atoms with E-state index in [1.165, 1.54) is 4.88 Å². The molecule has 0 spiro atoms. The van der Waals surface area contributed by atoms with Gasteiger partial charge in [-0.05, 0) is 13.8 Å². The van der Waals surface area contributed by atoms with Crippen molar-refractivity contribution < 1.29 is 0 Å². The van der Waals surface area contributed by atoms with E-state index in [1.807, 2.05) is 30.4 Å². The van der Waals surface area contributed by atoms with E-state index in [2.05, 4.69) is 22.3 Å². The standard InChI is InChI=1S/C10H14N4S/c1-7-10(8(2)14(3)13-7)12-5-9-4-11-6-15-9/h4,6,12H,5H2,1-3H3. The molecular weight excluding hydrogens is 208 g/mol. The van der Waals surface area contributed by atoms with Gasteiger partial charge in [0.2, 0.25) is 0 Å². The summed E-state index contributed by atoms with van der Waals surface area (Å²) in [4.78, 5) is 5.28. The fourth-order valence-corrected chi connectivity index (χ4v) is 2.07. The number of aromatic nitrogens is 3. The minimum Gasteiger partial charge on any atom is -0.377 e. The summed E-state index contributed by atoms with van der Waals surface area (Å²) >= 11 is 1.66. The third kappa shape index (κ3) is 2.02. The third-order valence-corrected chi connectivity index (χ3v) is 3.21. The molecule has 2 heterocycles. The van der Waals surface area contributed by atoms with E-state index in [-0.39, 0.29) is 0 Å². The zero-order chi connectivity index (χ0) is 10.8. The predicted octanol–water partition coefficient (Wildman–Crippen LogP) is 2.11. The van der Waals surface area contributed by atoms with Gasteiger partial charge in [-0.15, -0.1) is 11.3 Å². The molecule has 0 aliphatic carbocycles. The highest BCUT2D eigenvalue weighted by Gasteiger charge is 2.08. The van der Waals surface area contributed by atoms with Gasteiger partial charge in [0.15, 0.2) is 0 Å². The van der Waals surface area contributed by atoms with Crippen molar-refractivity contribution in [2.24, 2.45) is 7.05 Å². The Morgan fingerprint density at radius 2 is 2.27 bits per heavy atom. The summed E-state index contributed by atoms with van der Waals surface area (Å²) in [5.74, 6) is 0. The maximum atomic E-state index is 4.35. The average Bonchev–Trinajstić information content (AvgIpc) is 2.76.